The van der Waals surface area contributed by atoms with Gasteiger partial charge < -0.3 is 4.74 Å². The summed E-state index contributed by atoms with van der Waals surface area (Å²) in [6.07, 6.45) is 0. The van der Waals surface area contributed by atoms with Crippen LogP contribution in [0.3, 0.4) is 0 Å². The second-order valence-corrected chi connectivity index (χ2v) is 2.95. The van der Waals surface area contributed by atoms with E-state index in [1.165, 1.54) is 13.2 Å². The Morgan fingerprint density at radius 1 is 1.17 bits per heavy atom. The third kappa shape index (κ3) is 2.97. The summed E-state index contributed by atoms with van der Waals surface area (Å²) in [4.78, 5) is 0. The molecule has 1 aromatic carbocycles. The van der Waals surface area contributed by atoms with E-state index in [9.17, 15) is 8.78 Å². The van der Waals surface area contributed by atoms with E-state index < -0.39 is 17.4 Å². The molecule has 1 N–H and O–H groups in total. The maximum atomic E-state index is 13.5. The Kier molecular flexibility index (Phi) is 6.93. The predicted octanol–water partition coefficient (Wildman–Crippen LogP) is 4.21. The minimum absolute atomic E-state index is 0.0979. The molecule has 2 rings (SSSR count). The molecule has 0 fully saturated rings. The molecule has 1 heterocycles. The maximum absolute atomic E-state index is 13.5. The van der Waals surface area contributed by atoms with Crippen LogP contribution in [-0.4, -0.2) is 17.3 Å². The van der Waals surface area contributed by atoms with Gasteiger partial charge in [0.15, 0.2) is 17.4 Å². The number of aromatic nitrogens is 2. The largest absolute Gasteiger partial charge is 0.491 e. The molecule has 18 heavy (non-hydrogen) atoms. The van der Waals surface area contributed by atoms with Gasteiger partial charge in [0.1, 0.15) is 5.52 Å². The van der Waals surface area contributed by atoms with Crippen LogP contribution in [0, 0.1) is 18.6 Å². The fourth-order valence-corrected chi connectivity index (χ4v) is 1.37. The number of nitrogens with one attached hydrogen (secondary N) is 1. The molecule has 0 radical (unpaired) electrons. The molecule has 0 aliphatic carbocycles. The van der Waals surface area contributed by atoms with Gasteiger partial charge >= 0.3 is 0 Å². The van der Waals surface area contributed by atoms with Crippen LogP contribution in [0.5, 0.6) is 5.75 Å². The van der Waals surface area contributed by atoms with Crippen molar-refractivity contribution in [3.63, 3.8) is 0 Å². The van der Waals surface area contributed by atoms with E-state index >= 15 is 0 Å². The highest BCUT2D eigenvalue weighted by Gasteiger charge is 2.17. The lowest BCUT2D eigenvalue weighted by molar-refractivity contribution is 0.362. The molecule has 1 aromatic heterocycles. The number of hydrogen-bond acceptors (Lipinski definition) is 2. The summed E-state index contributed by atoms with van der Waals surface area (Å²) in [7, 11) is 1.22. The highest BCUT2D eigenvalue weighted by Crippen LogP contribution is 2.29. The number of aryl methyl sites for hydroxylation is 1. The summed E-state index contributed by atoms with van der Waals surface area (Å²) in [5, 5.41) is 6.74. The quantitative estimate of drug-likeness (QED) is 0.832. The van der Waals surface area contributed by atoms with Crippen LogP contribution in [0.2, 0.25) is 0 Å². The highest BCUT2D eigenvalue weighted by molar-refractivity contribution is 5.83. The van der Waals surface area contributed by atoms with Crippen molar-refractivity contribution < 1.29 is 13.5 Å². The van der Waals surface area contributed by atoms with Gasteiger partial charge in [-0.25, -0.2) is 8.78 Å². The van der Waals surface area contributed by atoms with Crippen molar-refractivity contribution in [1.29, 1.82) is 0 Å². The molecule has 0 unspecified atom stereocenters. The van der Waals surface area contributed by atoms with Crippen LogP contribution < -0.4 is 4.74 Å². The second-order valence-electron chi connectivity index (χ2n) is 2.95. The summed E-state index contributed by atoms with van der Waals surface area (Å²) in [6.45, 7) is 9.70. The highest BCUT2D eigenvalue weighted by atomic mass is 19.1. The van der Waals surface area contributed by atoms with E-state index in [1.54, 1.807) is 6.92 Å². The van der Waals surface area contributed by atoms with Crippen LogP contribution in [0.4, 0.5) is 8.78 Å². The minimum atomic E-state index is -0.771. The Morgan fingerprint density at radius 2 is 1.72 bits per heavy atom. The van der Waals surface area contributed by atoms with Gasteiger partial charge in [-0.1, -0.05) is 27.7 Å². The van der Waals surface area contributed by atoms with E-state index in [2.05, 4.69) is 14.9 Å². The van der Waals surface area contributed by atoms with E-state index in [4.69, 9.17) is 0 Å². The first-order chi connectivity index (χ1) is 8.65. The molecule has 2 aromatic rings. The summed E-state index contributed by atoms with van der Waals surface area (Å²) < 4.78 is 31.3. The molecule has 0 saturated heterocycles. The van der Waals surface area contributed by atoms with Crippen molar-refractivity contribution in [3.8, 4) is 5.75 Å². The summed E-state index contributed by atoms with van der Waals surface area (Å²) in [6, 6.07) is 1.20. The zero-order valence-corrected chi connectivity index (χ0v) is 11.7. The molecule has 5 heteroatoms. The van der Waals surface area contributed by atoms with Crippen LogP contribution in [0.1, 0.15) is 33.4 Å². The van der Waals surface area contributed by atoms with E-state index in [0.29, 0.717) is 11.1 Å². The molecule has 3 nitrogen and oxygen atoms in total. The van der Waals surface area contributed by atoms with Crippen molar-refractivity contribution in [2.24, 2.45) is 0 Å². The molecule has 0 spiro atoms. The number of benzene rings is 1. The summed E-state index contributed by atoms with van der Waals surface area (Å²) in [5.74, 6) is -1.89. The van der Waals surface area contributed by atoms with Gasteiger partial charge in [-0.2, -0.15) is 5.10 Å². The van der Waals surface area contributed by atoms with Crippen molar-refractivity contribution in [1.82, 2.24) is 10.2 Å². The second kappa shape index (κ2) is 7.63. The fourth-order valence-electron chi connectivity index (χ4n) is 1.37. The predicted molar refractivity (Wildman–Crippen MR) is 70.0 cm³/mol. The number of nitrogens with zero attached hydrogens (tertiary/aromatic N) is 1. The normalized spacial score (nSPS) is 9.11. The van der Waals surface area contributed by atoms with Gasteiger partial charge in [-0.15, -0.1) is 0 Å². The fraction of sp³-hybridized carbons (Fsp3) is 0.462. The molecule has 0 aliphatic rings. The molecule has 0 saturated carbocycles. The maximum Gasteiger partial charge on any atom is 0.196 e. The first-order valence-corrected chi connectivity index (χ1v) is 6.01. The lowest BCUT2D eigenvalue weighted by Gasteiger charge is -2.03. The van der Waals surface area contributed by atoms with Crippen molar-refractivity contribution in [3.05, 3.63) is 23.4 Å². The molecular formula is C13H20F2N2O. The average molecular weight is 258 g/mol. The van der Waals surface area contributed by atoms with Crippen molar-refractivity contribution in [2.45, 2.75) is 34.6 Å². The van der Waals surface area contributed by atoms with Gasteiger partial charge in [0, 0.05) is 11.1 Å². The number of ether oxygens (including phenoxy) is 1. The molecule has 0 aliphatic heterocycles. The van der Waals surface area contributed by atoms with E-state index in [1.807, 2.05) is 27.7 Å². The smallest absolute Gasteiger partial charge is 0.196 e. The van der Waals surface area contributed by atoms with Crippen LogP contribution in [-0.2, 0) is 0 Å². The Labute approximate surface area is 106 Å². The molecule has 102 valence electrons. The summed E-state index contributed by atoms with van der Waals surface area (Å²) >= 11 is 0. The van der Waals surface area contributed by atoms with Crippen LogP contribution in [0.15, 0.2) is 6.07 Å². The number of aromatic amines is 1. The van der Waals surface area contributed by atoms with Crippen molar-refractivity contribution >= 4 is 10.9 Å². The molecule has 0 amide bonds. The zero-order valence-electron chi connectivity index (χ0n) is 11.7. The van der Waals surface area contributed by atoms with Gasteiger partial charge in [0.2, 0.25) is 0 Å². The van der Waals surface area contributed by atoms with Crippen LogP contribution >= 0.6 is 0 Å². The molecule has 0 bridgehead atoms. The van der Waals surface area contributed by atoms with Gasteiger partial charge in [0.05, 0.1) is 7.11 Å². The van der Waals surface area contributed by atoms with Crippen LogP contribution in [0.25, 0.3) is 10.9 Å². The standard InChI is InChI=1S/C9H8F2N2O.2C2H6/c1-4-5-3-6(10)9(14-2)7(11)8(5)13-12-4;2*1-2/h3H,1-2H3,(H,12,13);2*1-2H3. The number of halogens is 2. The van der Waals surface area contributed by atoms with E-state index in [-0.39, 0.29) is 5.52 Å². The zero-order chi connectivity index (χ0) is 14.3. The van der Waals surface area contributed by atoms with Gasteiger partial charge in [0.25, 0.3) is 0 Å². The lowest BCUT2D eigenvalue weighted by atomic mass is 10.2. The number of methoxy groups -OCH3 is 1. The summed E-state index contributed by atoms with van der Waals surface area (Å²) in [5.41, 5.74) is 0.723. The average Bonchev–Trinajstić information content (AvgIpc) is 2.77. The monoisotopic (exact) mass is 258 g/mol. The Hall–Kier alpha value is -1.65. The molecular weight excluding hydrogens is 238 g/mol. The third-order valence-corrected chi connectivity index (χ3v) is 2.09. The first kappa shape index (κ1) is 16.4. The van der Waals surface area contributed by atoms with E-state index in [0.717, 1.165) is 0 Å². The SMILES string of the molecule is CC.CC.COc1c(F)cc2c(C)[nH]nc2c1F. The topological polar surface area (TPSA) is 37.9 Å². The number of H-pyrrole nitrogens is 1. The van der Waals surface area contributed by atoms with Gasteiger partial charge in [-0.05, 0) is 13.0 Å². The third-order valence-electron chi connectivity index (χ3n) is 2.09. The number of fused-ring (bicyclic) bond motifs is 1. The Balaban J connectivity index is 0.000000659. The van der Waals surface area contributed by atoms with Crippen molar-refractivity contribution in [2.75, 3.05) is 7.11 Å². The minimum Gasteiger partial charge on any atom is -0.491 e. The number of hydrogen-bond donors (Lipinski definition) is 1. The Morgan fingerprint density at radius 3 is 2.22 bits per heavy atom. The lowest BCUT2D eigenvalue weighted by Crippen LogP contribution is -1.93. The molecule has 0 atom stereocenters. The Bertz CT molecular complexity index is 495. The first-order valence-electron chi connectivity index (χ1n) is 6.01. The number of rotatable bonds is 1. The van der Waals surface area contributed by atoms with Gasteiger partial charge in [-0.3, -0.25) is 5.10 Å².